The van der Waals surface area contributed by atoms with Crippen molar-refractivity contribution in [2.75, 3.05) is 6.54 Å². The van der Waals surface area contributed by atoms with E-state index in [1.54, 1.807) is 11.8 Å². The Morgan fingerprint density at radius 2 is 1.88 bits per heavy atom. The summed E-state index contributed by atoms with van der Waals surface area (Å²) in [5.74, 6) is 0.647. The molecule has 2 rings (SSSR count). The molecule has 16 heavy (non-hydrogen) atoms. The molecule has 0 spiro atoms. The number of hydrogen-bond donors (Lipinski definition) is 1. The Bertz CT molecular complexity index is 297. The van der Waals surface area contributed by atoms with Gasteiger partial charge in [0.15, 0.2) is 0 Å². The third-order valence-corrected chi connectivity index (χ3v) is 3.79. The van der Waals surface area contributed by atoms with Crippen molar-refractivity contribution in [3.8, 4) is 0 Å². The third kappa shape index (κ3) is 2.06. The van der Waals surface area contributed by atoms with E-state index in [4.69, 9.17) is 0 Å². The van der Waals surface area contributed by atoms with Gasteiger partial charge < -0.3 is 10.2 Å². The van der Waals surface area contributed by atoms with Crippen molar-refractivity contribution in [3.63, 3.8) is 0 Å². The zero-order chi connectivity index (χ0) is 11.7. The van der Waals surface area contributed by atoms with Crippen molar-refractivity contribution in [2.45, 2.75) is 51.6 Å². The first kappa shape index (κ1) is 11.4. The van der Waals surface area contributed by atoms with Gasteiger partial charge in [0.2, 0.25) is 11.8 Å². The highest BCUT2D eigenvalue weighted by Crippen LogP contribution is 2.26. The Balaban J connectivity index is 2.03. The summed E-state index contributed by atoms with van der Waals surface area (Å²) in [6, 6.07) is -0.658. The van der Waals surface area contributed by atoms with Crippen LogP contribution in [-0.2, 0) is 9.59 Å². The average Bonchev–Trinajstić information content (AvgIpc) is 2.74. The molecule has 2 aliphatic rings. The molecule has 0 aromatic heterocycles. The van der Waals surface area contributed by atoms with Gasteiger partial charge in [0.1, 0.15) is 12.1 Å². The van der Waals surface area contributed by atoms with Crippen LogP contribution in [0.15, 0.2) is 0 Å². The molecule has 2 amide bonds. The van der Waals surface area contributed by atoms with Gasteiger partial charge in [0.25, 0.3) is 0 Å². The lowest BCUT2D eigenvalue weighted by molar-refractivity contribution is -0.148. The molecular weight excluding hydrogens is 204 g/mol. The lowest BCUT2D eigenvalue weighted by Gasteiger charge is -2.37. The molecule has 1 N–H and O–H groups in total. The van der Waals surface area contributed by atoms with Crippen LogP contribution in [0.5, 0.6) is 0 Å². The van der Waals surface area contributed by atoms with Crippen molar-refractivity contribution < 1.29 is 9.59 Å². The molecule has 2 atom stereocenters. The molecule has 1 aliphatic heterocycles. The first-order chi connectivity index (χ1) is 7.59. The second-order valence-corrected chi connectivity index (χ2v) is 5.05. The van der Waals surface area contributed by atoms with Crippen molar-refractivity contribution in [2.24, 2.45) is 5.92 Å². The van der Waals surface area contributed by atoms with E-state index >= 15 is 0 Å². The lowest BCUT2D eigenvalue weighted by atomic mass is 10.0. The Morgan fingerprint density at radius 1 is 1.25 bits per heavy atom. The second-order valence-electron chi connectivity index (χ2n) is 5.05. The molecule has 0 aromatic carbocycles. The highest BCUT2D eigenvalue weighted by molar-refractivity contribution is 5.96. The highest BCUT2D eigenvalue weighted by atomic mass is 16.2. The van der Waals surface area contributed by atoms with Crippen LogP contribution < -0.4 is 5.32 Å². The smallest absolute Gasteiger partial charge is 0.245 e. The van der Waals surface area contributed by atoms with E-state index in [0.29, 0.717) is 5.92 Å². The van der Waals surface area contributed by atoms with E-state index in [-0.39, 0.29) is 23.9 Å². The summed E-state index contributed by atoms with van der Waals surface area (Å²) >= 11 is 0. The Morgan fingerprint density at radius 3 is 2.50 bits per heavy atom. The Hall–Kier alpha value is -1.06. The normalized spacial score (nSPS) is 32.0. The number of nitrogens with zero attached hydrogens (tertiary/aromatic N) is 1. The molecule has 90 valence electrons. The molecule has 4 nitrogen and oxygen atoms in total. The van der Waals surface area contributed by atoms with Gasteiger partial charge >= 0.3 is 0 Å². The lowest BCUT2D eigenvalue weighted by Crippen LogP contribution is -2.62. The summed E-state index contributed by atoms with van der Waals surface area (Å²) in [7, 11) is 0. The number of rotatable bonds is 2. The average molecular weight is 224 g/mol. The van der Waals surface area contributed by atoms with Crippen LogP contribution >= 0.6 is 0 Å². The van der Waals surface area contributed by atoms with E-state index in [1.807, 2.05) is 6.92 Å². The number of piperazine rings is 1. The molecule has 0 aromatic rings. The van der Waals surface area contributed by atoms with Crippen molar-refractivity contribution in [3.05, 3.63) is 0 Å². The third-order valence-electron chi connectivity index (χ3n) is 3.79. The maximum Gasteiger partial charge on any atom is 0.245 e. The number of carbonyl (C=O) groups is 2. The molecule has 0 bridgehead atoms. The molecule has 2 fully saturated rings. The summed E-state index contributed by atoms with van der Waals surface area (Å²) in [5, 5.41) is 2.70. The minimum absolute atomic E-state index is 0.0231. The first-order valence-corrected chi connectivity index (χ1v) is 6.20. The zero-order valence-electron chi connectivity index (χ0n) is 10.0. The Labute approximate surface area is 96.4 Å². The quantitative estimate of drug-likeness (QED) is 0.758. The maximum atomic E-state index is 12.0. The minimum Gasteiger partial charge on any atom is -0.343 e. The van der Waals surface area contributed by atoms with Gasteiger partial charge in [-0.2, -0.15) is 0 Å². The van der Waals surface area contributed by atoms with E-state index in [2.05, 4.69) is 5.32 Å². The molecule has 4 heteroatoms. The minimum atomic E-state index is -0.356. The van der Waals surface area contributed by atoms with Gasteiger partial charge in [-0.05, 0) is 32.6 Å². The van der Waals surface area contributed by atoms with Gasteiger partial charge in [0.05, 0.1) is 0 Å². The Kier molecular flexibility index (Phi) is 3.17. The fraction of sp³-hybridized carbons (Fsp3) is 0.833. The van der Waals surface area contributed by atoms with Gasteiger partial charge in [0, 0.05) is 6.54 Å². The second kappa shape index (κ2) is 4.44. The van der Waals surface area contributed by atoms with Crippen molar-refractivity contribution in [1.82, 2.24) is 10.2 Å². The molecule has 2 unspecified atom stereocenters. The standard InChI is InChI=1S/C12H20N2O2/c1-8-12(16)14(9(2)11(15)13-8)7-10-5-3-4-6-10/h8-10H,3-7H2,1-2H3,(H,13,15). The number of hydrogen-bond acceptors (Lipinski definition) is 2. The van der Waals surface area contributed by atoms with Gasteiger partial charge in [-0.3, -0.25) is 9.59 Å². The molecular formula is C12H20N2O2. The van der Waals surface area contributed by atoms with E-state index in [9.17, 15) is 9.59 Å². The summed E-state index contributed by atoms with van der Waals surface area (Å²) < 4.78 is 0. The molecule has 1 heterocycles. The predicted octanol–water partition coefficient (Wildman–Crippen LogP) is 0.912. The maximum absolute atomic E-state index is 12.0. The predicted molar refractivity (Wildman–Crippen MR) is 60.7 cm³/mol. The van der Waals surface area contributed by atoms with Crippen molar-refractivity contribution in [1.29, 1.82) is 0 Å². The van der Waals surface area contributed by atoms with Crippen LogP contribution in [0.3, 0.4) is 0 Å². The number of carbonyl (C=O) groups excluding carboxylic acids is 2. The number of nitrogens with one attached hydrogen (secondary N) is 1. The first-order valence-electron chi connectivity index (χ1n) is 6.20. The van der Waals surface area contributed by atoms with E-state index in [1.165, 1.54) is 25.7 Å². The van der Waals surface area contributed by atoms with Crippen LogP contribution in [0.4, 0.5) is 0 Å². The van der Waals surface area contributed by atoms with Gasteiger partial charge in [-0.1, -0.05) is 12.8 Å². The summed E-state index contributed by atoms with van der Waals surface area (Å²) in [5.41, 5.74) is 0. The monoisotopic (exact) mass is 224 g/mol. The SMILES string of the molecule is CC1NC(=O)C(C)N(CC2CCCC2)C1=O. The number of amides is 2. The fourth-order valence-corrected chi connectivity index (χ4v) is 2.70. The van der Waals surface area contributed by atoms with Gasteiger partial charge in [-0.25, -0.2) is 0 Å². The zero-order valence-corrected chi connectivity index (χ0v) is 10.0. The molecule has 1 saturated carbocycles. The van der Waals surface area contributed by atoms with Crippen LogP contribution in [0.25, 0.3) is 0 Å². The van der Waals surface area contributed by atoms with Crippen LogP contribution in [0, 0.1) is 5.92 Å². The van der Waals surface area contributed by atoms with Gasteiger partial charge in [-0.15, -0.1) is 0 Å². The van der Waals surface area contributed by atoms with E-state index in [0.717, 1.165) is 6.54 Å². The fourth-order valence-electron chi connectivity index (χ4n) is 2.70. The van der Waals surface area contributed by atoms with Crippen LogP contribution in [-0.4, -0.2) is 35.3 Å². The summed E-state index contributed by atoms with van der Waals surface area (Å²) in [6.07, 6.45) is 4.94. The molecule has 0 radical (unpaired) electrons. The van der Waals surface area contributed by atoms with Crippen molar-refractivity contribution >= 4 is 11.8 Å². The largest absolute Gasteiger partial charge is 0.343 e. The van der Waals surface area contributed by atoms with E-state index < -0.39 is 0 Å². The summed E-state index contributed by atoms with van der Waals surface area (Å²) in [6.45, 7) is 4.33. The topological polar surface area (TPSA) is 49.4 Å². The van der Waals surface area contributed by atoms with Crippen LogP contribution in [0.2, 0.25) is 0 Å². The molecule has 1 aliphatic carbocycles. The highest BCUT2D eigenvalue weighted by Gasteiger charge is 2.36. The van der Waals surface area contributed by atoms with Crippen LogP contribution in [0.1, 0.15) is 39.5 Å². The summed E-state index contributed by atoms with van der Waals surface area (Å²) in [4.78, 5) is 25.4. The molecule has 1 saturated heterocycles.